The van der Waals surface area contributed by atoms with E-state index in [2.05, 4.69) is 13.2 Å². The fraction of sp³-hybridized carbons (Fsp3) is 0.463. The normalized spacial score (nSPS) is 17.4. The summed E-state index contributed by atoms with van der Waals surface area (Å²) >= 11 is 2.14. The molecule has 23 nitrogen and oxygen atoms in total. The molecule has 1 heterocycles. The molecule has 3 aromatic rings. The van der Waals surface area contributed by atoms with E-state index in [4.69, 9.17) is 52.1 Å². The van der Waals surface area contributed by atoms with Crippen molar-refractivity contribution in [3.05, 3.63) is 106 Å². The third-order valence-corrected chi connectivity index (χ3v) is 17.7. The van der Waals surface area contributed by atoms with E-state index in [1.807, 2.05) is 12.1 Å². The number of thioether (sulfide) groups is 2. The van der Waals surface area contributed by atoms with Gasteiger partial charge < -0.3 is 52.1 Å². The van der Waals surface area contributed by atoms with Gasteiger partial charge in [-0.25, -0.2) is 9.59 Å². The van der Waals surface area contributed by atoms with Crippen molar-refractivity contribution in [2.24, 2.45) is 23.7 Å². The molecule has 2 fully saturated rings. The summed E-state index contributed by atoms with van der Waals surface area (Å²) in [5, 5.41) is 19.6. The van der Waals surface area contributed by atoms with Crippen molar-refractivity contribution < 1.29 is 100 Å². The molecule has 3 unspecified atom stereocenters. The summed E-state index contributed by atoms with van der Waals surface area (Å²) < 4.78 is 60.2. The zero-order chi connectivity index (χ0) is 66.9. The molecular formula is C67H74N2O21S2. The highest BCUT2D eigenvalue weighted by atomic mass is 32.2. The Bertz CT molecular complexity index is 3310. The van der Waals surface area contributed by atoms with E-state index >= 15 is 0 Å². The Hall–Kier alpha value is -8.78. The van der Waals surface area contributed by atoms with Gasteiger partial charge in [0.25, 0.3) is 0 Å². The standard InChI is InChI=1S/C67H74N2O21S2/c1-8-53(70)83-38-41(5)86-58(75)29-28-56(73)81-33-31-45-12-24-52(25-13-45)88-64(77)47-16-20-49(21-17-47)66(79)90-60-43(7)42(6)59(61-62(60)92-67(91-61)50(34-68)35-69)89-65(78)48-18-14-46(15-19-48)63(76)87-51-22-10-44(11-23-51)30-32-80-55(72)26-27-57(74)84-36-39(3)82-37-40(4)85-54(71)9-2/h8-13,22-25,39-41,46-49H,1-2,14-21,26-33,36-38H2,3-7H3. The van der Waals surface area contributed by atoms with Crippen molar-refractivity contribution in [3.63, 3.8) is 0 Å². The van der Waals surface area contributed by atoms with E-state index in [9.17, 15) is 58.5 Å². The van der Waals surface area contributed by atoms with Gasteiger partial charge >= 0.3 is 59.7 Å². The van der Waals surface area contributed by atoms with Gasteiger partial charge in [-0.1, -0.05) is 60.9 Å². The summed E-state index contributed by atoms with van der Waals surface area (Å²) in [5.74, 6) is -6.61. The first kappa shape index (κ1) is 72.3. The Kier molecular flexibility index (Phi) is 28.5. The third-order valence-electron chi connectivity index (χ3n) is 15.1. The van der Waals surface area contributed by atoms with Crippen molar-refractivity contribution in [2.45, 2.75) is 153 Å². The van der Waals surface area contributed by atoms with E-state index in [0.29, 0.717) is 101 Å². The first-order valence-corrected chi connectivity index (χ1v) is 31.7. The highest BCUT2D eigenvalue weighted by Crippen LogP contribution is 2.61. The van der Waals surface area contributed by atoms with Crippen LogP contribution in [0.1, 0.15) is 120 Å². The summed E-state index contributed by atoms with van der Waals surface area (Å²) in [6.07, 6.45) is 3.07. The molecule has 3 aromatic carbocycles. The van der Waals surface area contributed by atoms with Crippen LogP contribution >= 0.6 is 23.5 Å². The number of hydrogen-bond acceptors (Lipinski definition) is 25. The van der Waals surface area contributed by atoms with Crippen molar-refractivity contribution in [3.8, 4) is 35.1 Å². The molecule has 0 bridgehead atoms. The van der Waals surface area contributed by atoms with Crippen LogP contribution in [0.25, 0.3) is 0 Å². The second-order valence-corrected chi connectivity index (χ2v) is 24.4. The van der Waals surface area contributed by atoms with Crippen LogP contribution in [0.2, 0.25) is 0 Å². The number of fused-ring (bicyclic) bond motifs is 1. The van der Waals surface area contributed by atoms with Crippen LogP contribution in [0.15, 0.2) is 93.4 Å². The number of ether oxygens (including phenoxy) is 11. The molecule has 3 atom stereocenters. The highest BCUT2D eigenvalue weighted by molar-refractivity contribution is 8.24. The highest BCUT2D eigenvalue weighted by Gasteiger charge is 2.39. The van der Waals surface area contributed by atoms with Crippen molar-refractivity contribution in [1.82, 2.24) is 0 Å². The topological polar surface area (TPSA) is 320 Å². The maximum absolute atomic E-state index is 13.9. The summed E-state index contributed by atoms with van der Waals surface area (Å²) in [6, 6.07) is 17.3. The van der Waals surface area contributed by atoms with E-state index in [1.54, 1.807) is 83.1 Å². The average Bonchev–Trinajstić information content (AvgIpc) is 1.55. The van der Waals surface area contributed by atoms with Crippen molar-refractivity contribution in [1.29, 1.82) is 10.5 Å². The van der Waals surface area contributed by atoms with Crippen molar-refractivity contribution in [2.75, 3.05) is 33.0 Å². The molecule has 1 aliphatic heterocycles. The lowest BCUT2D eigenvalue weighted by molar-refractivity contribution is -0.157. The number of benzene rings is 3. The molecule has 0 saturated heterocycles. The molecular weight excluding hydrogens is 1230 g/mol. The van der Waals surface area contributed by atoms with Gasteiger partial charge in [0.1, 0.15) is 66.1 Å². The van der Waals surface area contributed by atoms with Crippen LogP contribution in [0, 0.1) is 60.2 Å². The maximum Gasteiger partial charge on any atom is 0.330 e. The number of carbonyl (C=O) groups is 10. The van der Waals surface area contributed by atoms with E-state index in [1.165, 1.54) is 0 Å². The van der Waals surface area contributed by atoms with Crippen LogP contribution in [-0.4, -0.2) is 111 Å². The number of nitrogens with zero attached hydrogens (tertiary/aromatic N) is 2. The van der Waals surface area contributed by atoms with Gasteiger partial charge in [0, 0.05) is 25.0 Å². The third kappa shape index (κ3) is 22.6. The minimum atomic E-state index is -0.701. The molecule has 2 aliphatic carbocycles. The van der Waals surface area contributed by atoms with Gasteiger partial charge in [-0.05, 0) is 133 Å². The molecule has 92 heavy (non-hydrogen) atoms. The average molecular weight is 1310 g/mol. The van der Waals surface area contributed by atoms with E-state index in [-0.39, 0.29) is 75.8 Å². The SMILES string of the molecule is C=CC(=O)OCC(C)OC(=O)CCC(=O)OCCc1ccc(OC(=O)C2CCC(C(=O)Oc3c(C)c(C)c(OC(=O)C4CCC(C(=O)Oc5ccc(CCOC(=O)CCC(=O)OCC(C)OCC(C)OC(=O)C=C)cc5)CC4)c4c3SC(=C(C#N)C#N)S4)CC2)cc1. The summed E-state index contributed by atoms with van der Waals surface area (Å²) in [5.41, 5.74) is 2.45. The Morgan fingerprint density at radius 2 is 0.859 bits per heavy atom. The lowest BCUT2D eigenvalue weighted by Crippen LogP contribution is -2.31. The number of hydrogen-bond donors (Lipinski definition) is 0. The zero-order valence-electron chi connectivity index (χ0n) is 51.9. The zero-order valence-corrected chi connectivity index (χ0v) is 53.6. The number of rotatable bonds is 31. The molecule has 3 aliphatic rings. The Labute approximate surface area is 541 Å². The van der Waals surface area contributed by atoms with Gasteiger partial charge in [-0.3, -0.25) is 38.4 Å². The first-order valence-electron chi connectivity index (χ1n) is 30.1. The smallest absolute Gasteiger partial charge is 0.330 e. The number of carbonyl (C=O) groups excluding carboxylic acids is 10. The second kappa shape index (κ2) is 36.3. The number of esters is 10. The quantitative estimate of drug-likeness (QED) is 0.0190. The molecule has 25 heteroatoms. The second-order valence-electron chi connectivity index (χ2n) is 22.1. The Morgan fingerprint density at radius 1 is 0.489 bits per heavy atom. The minimum Gasteiger partial charge on any atom is -0.465 e. The Morgan fingerprint density at radius 3 is 1.26 bits per heavy atom. The van der Waals surface area contributed by atoms with Crippen LogP contribution in [0.5, 0.6) is 23.0 Å². The number of allylic oxidation sites excluding steroid dienone is 1. The van der Waals surface area contributed by atoms with Crippen LogP contribution in [0.4, 0.5) is 0 Å². The van der Waals surface area contributed by atoms with Gasteiger partial charge in [-0.15, -0.1) is 0 Å². The van der Waals surface area contributed by atoms with E-state index < -0.39 is 102 Å². The van der Waals surface area contributed by atoms with Gasteiger partial charge in [0.15, 0.2) is 0 Å². The summed E-state index contributed by atoms with van der Waals surface area (Å²) in [6.45, 7) is 14.9. The largest absolute Gasteiger partial charge is 0.465 e. The fourth-order valence-electron chi connectivity index (χ4n) is 9.69. The predicted molar refractivity (Wildman–Crippen MR) is 329 cm³/mol. The van der Waals surface area contributed by atoms with Crippen LogP contribution in [0.3, 0.4) is 0 Å². The van der Waals surface area contributed by atoms with Gasteiger partial charge in [-0.2, -0.15) is 10.5 Å². The van der Waals surface area contributed by atoms with Gasteiger partial charge in [0.2, 0.25) is 0 Å². The molecule has 0 aromatic heterocycles. The molecule has 6 rings (SSSR count). The Balaban J connectivity index is 0.914. The van der Waals surface area contributed by atoms with Gasteiger partial charge in [0.05, 0.1) is 89.3 Å². The molecule has 0 spiro atoms. The number of nitriles is 2. The predicted octanol–water partition coefficient (Wildman–Crippen LogP) is 9.85. The fourth-order valence-corrected chi connectivity index (χ4v) is 12.3. The van der Waals surface area contributed by atoms with E-state index in [0.717, 1.165) is 46.8 Å². The summed E-state index contributed by atoms with van der Waals surface area (Å²) in [4.78, 5) is 127. The van der Waals surface area contributed by atoms with Crippen molar-refractivity contribution >= 4 is 83.2 Å². The maximum atomic E-state index is 13.9. The molecule has 490 valence electrons. The lowest BCUT2D eigenvalue weighted by Gasteiger charge is -2.27. The molecule has 2 saturated carbocycles. The molecule has 0 amide bonds. The van der Waals surface area contributed by atoms with Crippen LogP contribution < -0.4 is 18.9 Å². The molecule has 0 N–H and O–H groups in total. The summed E-state index contributed by atoms with van der Waals surface area (Å²) in [7, 11) is 0. The first-order chi connectivity index (χ1) is 44.1. The monoisotopic (exact) mass is 1310 g/mol. The van der Waals surface area contributed by atoms with Crippen LogP contribution in [-0.2, 0) is 93.9 Å². The molecule has 0 radical (unpaired) electrons. The minimum absolute atomic E-state index is 0.0460. The lowest BCUT2D eigenvalue weighted by atomic mass is 9.82.